The van der Waals surface area contributed by atoms with Crippen LogP contribution in [0.4, 0.5) is 4.79 Å². The van der Waals surface area contributed by atoms with Crippen LogP contribution in [0.1, 0.15) is 5.56 Å². The molecule has 6 heteroatoms. The summed E-state index contributed by atoms with van der Waals surface area (Å²) in [4.78, 5) is 11.6. The first-order valence-corrected chi connectivity index (χ1v) is 8.69. The fourth-order valence-corrected chi connectivity index (χ4v) is 4.55. The molecular formula is C13H18NO4P. The highest BCUT2D eigenvalue weighted by Gasteiger charge is 2.38. The molecule has 2 rings (SSSR count). The van der Waals surface area contributed by atoms with Crippen LogP contribution >= 0.6 is 7.14 Å². The molecule has 3 atom stereocenters. The summed E-state index contributed by atoms with van der Waals surface area (Å²) in [6.45, 7) is 1.83. The van der Waals surface area contributed by atoms with Gasteiger partial charge in [-0.2, -0.15) is 0 Å². The second kappa shape index (κ2) is 5.76. The Morgan fingerprint density at radius 1 is 1.42 bits per heavy atom. The predicted molar refractivity (Wildman–Crippen MR) is 72.8 cm³/mol. The Kier molecular flexibility index (Phi) is 4.27. The molecule has 0 bridgehead atoms. The smallest absolute Gasteiger partial charge is 0.407 e. The van der Waals surface area contributed by atoms with Crippen molar-refractivity contribution in [1.29, 1.82) is 0 Å². The number of aliphatic hydroxyl groups excluding tert-OH is 1. The van der Waals surface area contributed by atoms with Gasteiger partial charge < -0.3 is 19.7 Å². The topological polar surface area (TPSA) is 75.6 Å². The third-order valence-corrected chi connectivity index (χ3v) is 5.45. The third-order valence-electron chi connectivity index (χ3n) is 3.14. The lowest BCUT2D eigenvalue weighted by Crippen LogP contribution is -2.42. The molecule has 0 radical (unpaired) electrons. The Labute approximate surface area is 112 Å². The van der Waals surface area contributed by atoms with Gasteiger partial charge in [-0.15, -0.1) is 0 Å². The summed E-state index contributed by atoms with van der Waals surface area (Å²) >= 11 is 0. The quantitative estimate of drug-likeness (QED) is 0.827. The highest BCUT2D eigenvalue weighted by atomic mass is 31.2. The van der Waals surface area contributed by atoms with Crippen molar-refractivity contribution in [3.63, 3.8) is 0 Å². The number of carbonyl (C=O) groups is 1. The zero-order valence-electron chi connectivity index (χ0n) is 10.8. The molecule has 104 valence electrons. The zero-order chi connectivity index (χ0) is 13.9. The summed E-state index contributed by atoms with van der Waals surface area (Å²) in [7, 11) is -2.31. The average molecular weight is 283 g/mol. The van der Waals surface area contributed by atoms with Crippen LogP contribution in [-0.2, 0) is 15.9 Å². The molecule has 19 heavy (non-hydrogen) atoms. The standard InChI is InChI=1S/C13H18NO4P/c1-19(17)8-11(12(15)9-19)14-13(16)18-7-10-5-3-2-4-6-10/h2-6,11-12,15H,7-9H2,1H3,(H,14,16)/t11-,12-,19?/m1/s1. The first-order chi connectivity index (χ1) is 8.96. The molecule has 1 aliphatic heterocycles. The predicted octanol–water partition coefficient (Wildman–Crippen LogP) is 1.65. The van der Waals surface area contributed by atoms with Crippen molar-refractivity contribution in [2.45, 2.75) is 18.8 Å². The number of rotatable bonds is 3. The van der Waals surface area contributed by atoms with Gasteiger partial charge in [-0.25, -0.2) is 4.79 Å². The number of benzene rings is 1. The van der Waals surface area contributed by atoms with E-state index in [4.69, 9.17) is 4.74 Å². The lowest BCUT2D eigenvalue weighted by Gasteiger charge is -2.15. The Balaban J connectivity index is 1.81. The van der Waals surface area contributed by atoms with E-state index in [2.05, 4.69) is 5.32 Å². The molecule has 0 aromatic heterocycles. The van der Waals surface area contributed by atoms with Crippen LogP contribution in [0.3, 0.4) is 0 Å². The van der Waals surface area contributed by atoms with E-state index in [0.717, 1.165) is 5.56 Å². The Morgan fingerprint density at radius 3 is 2.68 bits per heavy atom. The van der Waals surface area contributed by atoms with Gasteiger partial charge in [-0.3, -0.25) is 0 Å². The van der Waals surface area contributed by atoms with E-state index in [9.17, 15) is 14.5 Å². The normalized spacial score (nSPS) is 30.0. The van der Waals surface area contributed by atoms with Crippen LogP contribution in [0, 0.1) is 0 Å². The van der Waals surface area contributed by atoms with Gasteiger partial charge in [0.1, 0.15) is 6.61 Å². The summed E-state index contributed by atoms with van der Waals surface area (Å²) < 4.78 is 16.9. The molecular weight excluding hydrogens is 265 g/mol. The Hall–Kier alpha value is -1.32. The van der Waals surface area contributed by atoms with Crippen molar-refractivity contribution >= 4 is 13.2 Å². The molecule has 0 aliphatic carbocycles. The summed E-state index contributed by atoms with van der Waals surface area (Å²) in [6.07, 6.45) is -0.750. The van der Waals surface area contributed by atoms with Gasteiger partial charge in [0.15, 0.2) is 0 Å². The lowest BCUT2D eigenvalue weighted by molar-refractivity contribution is 0.118. The second-order valence-electron chi connectivity index (χ2n) is 5.04. The largest absolute Gasteiger partial charge is 0.445 e. The fraction of sp³-hybridized carbons (Fsp3) is 0.462. The monoisotopic (exact) mass is 283 g/mol. The maximum absolute atomic E-state index is 11.8. The van der Waals surface area contributed by atoms with Crippen LogP contribution in [0.25, 0.3) is 0 Å². The average Bonchev–Trinajstić information content (AvgIpc) is 2.61. The van der Waals surface area contributed by atoms with E-state index in [1.54, 1.807) is 6.66 Å². The third kappa shape index (κ3) is 4.08. The molecule has 1 aromatic carbocycles. The number of ether oxygens (including phenoxy) is 1. The van der Waals surface area contributed by atoms with E-state index in [1.165, 1.54) is 0 Å². The van der Waals surface area contributed by atoms with Gasteiger partial charge in [0.2, 0.25) is 0 Å². The van der Waals surface area contributed by atoms with Gasteiger partial charge in [0, 0.05) is 12.3 Å². The first-order valence-electron chi connectivity index (χ1n) is 6.17. The summed E-state index contributed by atoms with van der Waals surface area (Å²) in [5.74, 6) is 0. The van der Waals surface area contributed by atoms with Crippen molar-refractivity contribution in [2.24, 2.45) is 0 Å². The van der Waals surface area contributed by atoms with Crippen LogP contribution in [0.2, 0.25) is 0 Å². The van der Waals surface area contributed by atoms with Gasteiger partial charge in [-0.1, -0.05) is 30.3 Å². The minimum absolute atomic E-state index is 0.180. The molecule has 0 saturated carbocycles. The number of alkyl carbamates (subject to hydrolysis) is 1. The molecule has 1 aliphatic rings. The second-order valence-corrected chi connectivity index (χ2v) is 8.37. The van der Waals surface area contributed by atoms with E-state index >= 15 is 0 Å². The van der Waals surface area contributed by atoms with Crippen LogP contribution in [-0.4, -0.2) is 42.3 Å². The van der Waals surface area contributed by atoms with Crippen molar-refractivity contribution < 1.29 is 19.2 Å². The molecule has 1 saturated heterocycles. The van der Waals surface area contributed by atoms with Crippen molar-refractivity contribution in [3.8, 4) is 0 Å². The highest BCUT2D eigenvalue weighted by molar-refractivity contribution is 7.63. The van der Waals surface area contributed by atoms with Crippen molar-refractivity contribution in [3.05, 3.63) is 35.9 Å². The number of amides is 1. The molecule has 5 nitrogen and oxygen atoms in total. The van der Waals surface area contributed by atoms with E-state index in [-0.39, 0.29) is 12.8 Å². The number of nitrogens with one attached hydrogen (secondary N) is 1. The minimum atomic E-state index is -2.31. The SMILES string of the molecule is CP1(=O)C[C@@H](O)[C@H](NC(=O)OCc2ccccc2)C1. The summed E-state index contributed by atoms with van der Waals surface area (Å²) in [5, 5.41) is 12.3. The number of carbonyl (C=O) groups excluding carboxylic acids is 1. The summed E-state index contributed by atoms with van der Waals surface area (Å²) in [6, 6.07) is 8.86. The van der Waals surface area contributed by atoms with Gasteiger partial charge in [-0.05, 0) is 12.2 Å². The molecule has 1 amide bonds. The van der Waals surface area contributed by atoms with Crippen LogP contribution in [0.15, 0.2) is 30.3 Å². The molecule has 1 heterocycles. The number of hydrogen-bond donors (Lipinski definition) is 2. The van der Waals surface area contributed by atoms with E-state index < -0.39 is 25.4 Å². The van der Waals surface area contributed by atoms with Crippen LogP contribution < -0.4 is 5.32 Å². The van der Waals surface area contributed by atoms with Crippen molar-refractivity contribution in [1.82, 2.24) is 5.32 Å². The Bertz CT molecular complexity index is 491. The van der Waals surface area contributed by atoms with Gasteiger partial charge in [0.05, 0.1) is 19.3 Å². The molecule has 2 N–H and O–H groups in total. The first kappa shape index (κ1) is 14.1. The van der Waals surface area contributed by atoms with Crippen LogP contribution in [0.5, 0.6) is 0 Å². The van der Waals surface area contributed by atoms with Gasteiger partial charge >= 0.3 is 6.09 Å². The maximum atomic E-state index is 11.8. The number of hydrogen-bond acceptors (Lipinski definition) is 4. The van der Waals surface area contributed by atoms with E-state index in [0.29, 0.717) is 6.16 Å². The molecule has 0 spiro atoms. The molecule has 1 fully saturated rings. The Morgan fingerprint density at radius 2 is 2.11 bits per heavy atom. The molecule has 1 unspecified atom stereocenters. The zero-order valence-corrected chi connectivity index (χ0v) is 11.7. The maximum Gasteiger partial charge on any atom is 0.407 e. The summed E-state index contributed by atoms with van der Waals surface area (Å²) in [5.41, 5.74) is 0.894. The molecule has 1 aromatic rings. The minimum Gasteiger partial charge on any atom is -0.445 e. The lowest BCUT2D eigenvalue weighted by atomic mass is 10.2. The highest BCUT2D eigenvalue weighted by Crippen LogP contribution is 2.48. The van der Waals surface area contributed by atoms with E-state index in [1.807, 2.05) is 30.3 Å². The van der Waals surface area contributed by atoms with Gasteiger partial charge in [0.25, 0.3) is 0 Å². The number of aliphatic hydroxyl groups is 1. The fourth-order valence-electron chi connectivity index (χ4n) is 2.19. The van der Waals surface area contributed by atoms with Crippen molar-refractivity contribution in [2.75, 3.05) is 19.0 Å².